The van der Waals surface area contributed by atoms with E-state index in [0.717, 1.165) is 0 Å². The fourth-order valence-electron chi connectivity index (χ4n) is 0.292. The third kappa shape index (κ3) is 4.92. The molecular weight excluding hydrogens is 126 g/mol. The van der Waals surface area contributed by atoms with E-state index in [1.165, 1.54) is 0 Å². The van der Waals surface area contributed by atoms with E-state index in [0.29, 0.717) is 6.29 Å². The van der Waals surface area contributed by atoms with Gasteiger partial charge in [0.05, 0.1) is 0 Å². The van der Waals surface area contributed by atoms with Crippen LogP contribution in [0.2, 0.25) is 0 Å². The van der Waals surface area contributed by atoms with Crippen molar-refractivity contribution in [2.45, 2.75) is 12.8 Å². The number of hydroxylamine groups is 1. The maximum Gasteiger partial charge on any atom is 0.246 e. The minimum atomic E-state index is -0.524. The zero-order chi connectivity index (χ0) is 7.11. The summed E-state index contributed by atoms with van der Waals surface area (Å²) in [4.78, 5) is 23.2. The molecular formula is C4H7NO4. The van der Waals surface area contributed by atoms with Gasteiger partial charge in [-0.25, -0.2) is 10.7 Å². The van der Waals surface area contributed by atoms with Crippen LogP contribution in [-0.2, 0) is 14.6 Å². The summed E-state index contributed by atoms with van der Waals surface area (Å²) in [6.07, 6.45) is 0.774. The van der Waals surface area contributed by atoms with Gasteiger partial charge in [0.15, 0.2) is 0 Å². The summed E-state index contributed by atoms with van der Waals surface area (Å²) in [5, 5.41) is 7.62. The van der Waals surface area contributed by atoms with Crippen LogP contribution in [0.4, 0.5) is 0 Å². The van der Waals surface area contributed by atoms with Crippen LogP contribution in [0.1, 0.15) is 12.8 Å². The third-order valence-corrected chi connectivity index (χ3v) is 0.649. The van der Waals surface area contributed by atoms with Crippen LogP contribution in [0.3, 0.4) is 0 Å². The van der Waals surface area contributed by atoms with Crippen LogP contribution in [0.5, 0.6) is 0 Å². The highest BCUT2D eigenvalue weighted by atomic mass is 17.2. The minimum Gasteiger partial charge on any atom is -0.303 e. The summed E-state index contributed by atoms with van der Waals surface area (Å²) >= 11 is 0. The first-order valence-corrected chi connectivity index (χ1v) is 2.34. The summed E-state index contributed by atoms with van der Waals surface area (Å²) in [7, 11) is 0. The molecule has 0 aliphatic carbocycles. The van der Waals surface area contributed by atoms with Crippen LogP contribution in [0, 0.1) is 0 Å². The van der Waals surface area contributed by atoms with Gasteiger partial charge in [0, 0.05) is 12.8 Å². The van der Waals surface area contributed by atoms with Gasteiger partial charge in [0.2, 0.25) is 5.91 Å². The number of amides is 1. The summed E-state index contributed by atoms with van der Waals surface area (Å²) in [5.41, 5.74) is 1.64. The Labute approximate surface area is 51.5 Å². The second kappa shape index (κ2) is 5.20. The molecule has 0 aromatic heterocycles. The van der Waals surface area contributed by atoms with Gasteiger partial charge in [-0.1, -0.05) is 0 Å². The van der Waals surface area contributed by atoms with Gasteiger partial charge in [0.25, 0.3) is 0 Å². The lowest BCUT2D eigenvalue weighted by molar-refractivity contribution is -0.284. The van der Waals surface area contributed by atoms with E-state index in [1.807, 2.05) is 0 Å². The summed E-state index contributed by atoms with van der Waals surface area (Å²) in [6, 6.07) is 0. The quantitative estimate of drug-likeness (QED) is 0.307. The molecule has 0 aromatic carbocycles. The molecule has 0 aromatic rings. The average molecular weight is 133 g/mol. The normalized spacial score (nSPS) is 8.56. The summed E-state index contributed by atoms with van der Waals surface area (Å²) < 4.78 is 0. The number of aldehydes is 1. The number of carbonyl (C=O) groups excluding carboxylic acids is 2. The first-order chi connectivity index (χ1) is 4.31. The first kappa shape index (κ1) is 8.06. The van der Waals surface area contributed by atoms with Gasteiger partial charge in [-0.3, -0.25) is 4.79 Å². The molecule has 2 N–H and O–H groups in total. The molecule has 52 valence electrons. The zero-order valence-corrected chi connectivity index (χ0v) is 4.66. The van der Waals surface area contributed by atoms with E-state index in [4.69, 9.17) is 5.26 Å². The maximum atomic E-state index is 10.2. The number of hydrogen-bond acceptors (Lipinski definition) is 4. The van der Waals surface area contributed by atoms with Crippen molar-refractivity contribution in [1.29, 1.82) is 0 Å². The van der Waals surface area contributed by atoms with Gasteiger partial charge in [-0.2, -0.15) is 0 Å². The molecule has 0 saturated heterocycles. The molecule has 0 atom stereocenters. The van der Waals surface area contributed by atoms with Crippen molar-refractivity contribution >= 4 is 12.2 Å². The Morgan fingerprint density at radius 1 is 1.78 bits per heavy atom. The van der Waals surface area contributed by atoms with Gasteiger partial charge in [-0.05, 0) is 0 Å². The molecule has 0 rings (SSSR count). The summed E-state index contributed by atoms with van der Waals surface area (Å²) in [5.74, 6) is -0.524. The van der Waals surface area contributed by atoms with Crippen molar-refractivity contribution in [3.05, 3.63) is 0 Å². The van der Waals surface area contributed by atoms with E-state index < -0.39 is 5.91 Å². The molecule has 9 heavy (non-hydrogen) atoms. The van der Waals surface area contributed by atoms with Crippen molar-refractivity contribution in [2.75, 3.05) is 0 Å². The standard InChI is InChI=1S/C4H7NO4/c6-3-1-2-4(7)5-9-8/h3,8H,1-2H2,(H,5,7). The topological polar surface area (TPSA) is 75.6 Å². The summed E-state index contributed by atoms with van der Waals surface area (Å²) in [6.45, 7) is 0. The molecule has 0 spiro atoms. The molecule has 0 heterocycles. The SMILES string of the molecule is O=CCCC(=O)NOO. The van der Waals surface area contributed by atoms with Crippen molar-refractivity contribution < 1.29 is 19.8 Å². The predicted octanol–water partition coefficient (Wildman–Crippen LogP) is -0.514. The fourth-order valence-corrected chi connectivity index (χ4v) is 0.292. The molecule has 0 saturated carbocycles. The lowest BCUT2D eigenvalue weighted by Crippen LogP contribution is -2.21. The molecule has 1 amide bonds. The Morgan fingerprint density at radius 2 is 2.44 bits per heavy atom. The Bertz CT molecular complexity index is 103. The van der Waals surface area contributed by atoms with Crippen molar-refractivity contribution in [3.63, 3.8) is 0 Å². The molecule has 0 fully saturated rings. The van der Waals surface area contributed by atoms with Gasteiger partial charge < -0.3 is 4.79 Å². The number of nitrogens with one attached hydrogen (secondary N) is 1. The van der Waals surface area contributed by atoms with E-state index in [9.17, 15) is 9.59 Å². The average Bonchev–Trinajstić information content (AvgIpc) is 1.85. The fraction of sp³-hybridized carbons (Fsp3) is 0.500. The predicted molar refractivity (Wildman–Crippen MR) is 27.2 cm³/mol. The lowest BCUT2D eigenvalue weighted by atomic mass is 10.3. The lowest BCUT2D eigenvalue weighted by Gasteiger charge is -1.94. The highest BCUT2D eigenvalue weighted by Gasteiger charge is 1.97. The highest BCUT2D eigenvalue weighted by molar-refractivity contribution is 5.76. The van der Waals surface area contributed by atoms with Crippen LogP contribution in [0.25, 0.3) is 0 Å². The van der Waals surface area contributed by atoms with Gasteiger partial charge in [0.1, 0.15) is 6.29 Å². The van der Waals surface area contributed by atoms with Gasteiger partial charge >= 0.3 is 0 Å². The third-order valence-electron chi connectivity index (χ3n) is 0.649. The Hall–Kier alpha value is -0.940. The van der Waals surface area contributed by atoms with Crippen molar-refractivity contribution in [1.82, 2.24) is 5.48 Å². The van der Waals surface area contributed by atoms with E-state index in [-0.39, 0.29) is 12.8 Å². The smallest absolute Gasteiger partial charge is 0.246 e. The number of carbonyl (C=O) groups is 2. The molecule has 0 aliphatic heterocycles. The molecule has 0 unspecified atom stereocenters. The maximum absolute atomic E-state index is 10.2. The van der Waals surface area contributed by atoms with Crippen molar-refractivity contribution in [2.24, 2.45) is 0 Å². The van der Waals surface area contributed by atoms with Crippen LogP contribution >= 0.6 is 0 Å². The first-order valence-electron chi connectivity index (χ1n) is 2.34. The molecule has 0 bridgehead atoms. The van der Waals surface area contributed by atoms with E-state index in [1.54, 1.807) is 5.48 Å². The van der Waals surface area contributed by atoms with Crippen LogP contribution in [0.15, 0.2) is 0 Å². The monoisotopic (exact) mass is 133 g/mol. The Morgan fingerprint density at radius 3 is 2.89 bits per heavy atom. The van der Waals surface area contributed by atoms with E-state index in [2.05, 4.69) is 4.99 Å². The Kier molecular flexibility index (Phi) is 4.66. The highest BCUT2D eigenvalue weighted by Crippen LogP contribution is 1.82. The van der Waals surface area contributed by atoms with E-state index >= 15 is 0 Å². The molecule has 0 aliphatic rings. The number of hydrogen-bond donors (Lipinski definition) is 2. The van der Waals surface area contributed by atoms with Crippen LogP contribution in [-0.4, -0.2) is 17.5 Å². The molecule has 0 radical (unpaired) electrons. The van der Waals surface area contributed by atoms with Crippen LogP contribution < -0.4 is 5.48 Å². The largest absolute Gasteiger partial charge is 0.303 e. The molecule has 5 nitrogen and oxygen atoms in total. The second-order valence-corrected chi connectivity index (χ2v) is 1.32. The minimum absolute atomic E-state index is 0.0318. The van der Waals surface area contributed by atoms with Gasteiger partial charge in [-0.15, -0.1) is 4.99 Å². The zero-order valence-electron chi connectivity index (χ0n) is 4.66. The second-order valence-electron chi connectivity index (χ2n) is 1.32. The Balaban J connectivity index is 3.16. The molecule has 5 heteroatoms. The van der Waals surface area contributed by atoms with Crippen molar-refractivity contribution in [3.8, 4) is 0 Å². The number of rotatable bonds is 4.